The molecule has 124 valence electrons. The molecule has 24 heavy (non-hydrogen) atoms. The first-order chi connectivity index (χ1) is 11.6. The number of rotatable bonds is 3. The second-order valence-corrected chi connectivity index (χ2v) is 5.95. The van der Waals surface area contributed by atoms with Gasteiger partial charge in [0.2, 0.25) is 5.91 Å². The molecular weight excluding hydrogens is 304 g/mol. The highest BCUT2D eigenvalue weighted by Gasteiger charge is 2.25. The van der Waals surface area contributed by atoms with Crippen molar-refractivity contribution in [2.75, 3.05) is 13.1 Å². The lowest BCUT2D eigenvalue weighted by atomic mass is 10.0. The van der Waals surface area contributed by atoms with Gasteiger partial charge in [0, 0.05) is 44.0 Å². The summed E-state index contributed by atoms with van der Waals surface area (Å²) in [5.41, 5.74) is 1.39. The smallest absolute Gasteiger partial charge is 0.257 e. The lowest BCUT2D eigenvalue weighted by Gasteiger charge is -2.32. The van der Waals surface area contributed by atoms with Crippen LogP contribution in [0.1, 0.15) is 30.1 Å². The van der Waals surface area contributed by atoms with Crippen molar-refractivity contribution < 1.29 is 9.59 Å². The minimum Gasteiger partial charge on any atom is -0.352 e. The molecule has 1 fully saturated rings. The molecule has 1 aliphatic heterocycles. The van der Waals surface area contributed by atoms with Gasteiger partial charge >= 0.3 is 0 Å². The van der Waals surface area contributed by atoms with Crippen LogP contribution in [0, 0.1) is 0 Å². The Morgan fingerprint density at radius 1 is 1.17 bits per heavy atom. The van der Waals surface area contributed by atoms with E-state index in [1.165, 1.54) is 6.92 Å². The van der Waals surface area contributed by atoms with Crippen molar-refractivity contribution in [2.45, 2.75) is 25.8 Å². The van der Waals surface area contributed by atoms with Crippen LogP contribution in [-0.2, 0) is 4.79 Å². The Hall–Kier alpha value is -2.76. The maximum Gasteiger partial charge on any atom is 0.257 e. The molecule has 1 atom stereocenters. The third-order valence-electron chi connectivity index (χ3n) is 4.05. The van der Waals surface area contributed by atoms with Crippen LogP contribution in [0.4, 0.5) is 0 Å². The van der Waals surface area contributed by atoms with Gasteiger partial charge in [-0.1, -0.05) is 30.3 Å². The Kier molecular flexibility index (Phi) is 4.84. The van der Waals surface area contributed by atoms with Crippen LogP contribution in [-0.4, -0.2) is 45.8 Å². The van der Waals surface area contributed by atoms with Gasteiger partial charge in [-0.05, 0) is 12.8 Å². The third kappa shape index (κ3) is 3.76. The quantitative estimate of drug-likeness (QED) is 0.935. The Bertz CT molecular complexity index is 716. The standard InChI is InChI=1S/C18H20N4O2/c1-13(23)21-16-8-5-9-22(12-16)18(24)15-10-19-17(20-11-15)14-6-3-2-4-7-14/h2-4,6-7,10-11,16H,5,8-9,12H2,1H3,(H,21,23). The SMILES string of the molecule is CC(=O)NC1CCCN(C(=O)c2cnc(-c3ccccc3)nc2)C1. The summed E-state index contributed by atoms with van der Waals surface area (Å²) in [7, 11) is 0. The number of amides is 2. The summed E-state index contributed by atoms with van der Waals surface area (Å²) in [4.78, 5) is 34.2. The second-order valence-electron chi connectivity index (χ2n) is 5.95. The van der Waals surface area contributed by atoms with Gasteiger partial charge in [0.15, 0.2) is 5.82 Å². The Morgan fingerprint density at radius 3 is 2.54 bits per heavy atom. The summed E-state index contributed by atoms with van der Waals surface area (Å²) in [6.45, 7) is 2.71. The van der Waals surface area contributed by atoms with Crippen molar-refractivity contribution in [3.05, 3.63) is 48.3 Å². The van der Waals surface area contributed by atoms with E-state index in [2.05, 4.69) is 15.3 Å². The lowest BCUT2D eigenvalue weighted by molar-refractivity contribution is -0.120. The number of hydrogen-bond donors (Lipinski definition) is 1. The molecule has 0 spiro atoms. The van der Waals surface area contributed by atoms with Crippen molar-refractivity contribution in [2.24, 2.45) is 0 Å². The van der Waals surface area contributed by atoms with Crippen molar-refractivity contribution in [1.82, 2.24) is 20.2 Å². The van der Waals surface area contributed by atoms with Crippen molar-refractivity contribution in [1.29, 1.82) is 0 Å². The number of hydrogen-bond acceptors (Lipinski definition) is 4. The van der Waals surface area contributed by atoms with Gasteiger partial charge in [-0.2, -0.15) is 0 Å². The van der Waals surface area contributed by atoms with Crippen molar-refractivity contribution in [3.63, 3.8) is 0 Å². The minimum atomic E-state index is -0.0929. The first-order valence-corrected chi connectivity index (χ1v) is 8.07. The highest BCUT2D eigenvalue weighted by atomic mass is 16.2. The van der Waals surface area contributed by atoms with E-state index in [1.54, 1.807) is 17.3 Å². The van der Waals surface area contributed by atoms with Gasteiger partial charge < -0.3 is 10.2 Å². The van der Waals surface area contributed by atoms with Crippen molar-refractivity contribution >= 4 is 11.8 Å². The van der Waals surface area contributed by atoms with Crippen LogP contribution in [0.25, 0.3) is 11.4 Å². The van der Waals surface area contributed by atoms with E-state index >= 15 is 0 Å². The van der Waals surface area contributed by atoms with Gasteiger partial charge in [-0.25, -0.2) is 9.97 Å². The number of carbonyl (C=O) groups is 2. The largest absolute Gasteiger partial charge is 0.352 e. The van der Waals surface area contributed by atoms with Crippen LogP contribution < -0.4 is 5.32 Å². The molecule has 0 radical (unpaired) electrons. The minimum absolute atomic E-state index is 0.0183. The fourth-order valence-electron chi connectivity index (χ4n) is 2.92. The number of nitrogens with one attached hydrogen (secondary N) is 1. The molecule has 2 aromatic rings. The Morgan fingerprint density at radius 2 is 1.88 bits per heavy atom. The van der Waals surface area contributed by atoms with Gasteiger partial charge in [0.05, 0.1) is 5.56 Å². The van der Waals surface area contributed by atoms with Crippen LogP contribution in [0.3, 0.4) is 0 Å². The molecule has 1 N–H and O–H groups in total. The number of nitrogens with zero attached hydrogens (tertiary/aromatic N) is 3. The summed E-state index contributed by atoms with van der Waals surface area (Å²) in [5.74, 6) is 0.441. The molecule has 2 amide bonds. The molecule has 1 unspecified atom stereocenters. The van der Waals surface area contributed by atoms with Gasteiger partial charge in [0.25, 0.3) is 5.91 Å². The molecule has 0 saturated carbocycles. The van der Waals surface area contributed by atoms with Crippen LogP contribution in [0.2, 0.25) is 0 Å². The monoisotopic (exact) mass is 324 g/mol. The van der Waals surface area contributed by atoms with E-state index in [9.17, 15) is 9.59 Å². The van der Waals surface area contributed by atoms with Gasteiger partial charge in [-0.15, -0.1) is 0 Å². The fourth-order valence-corrected chi connectivity index (χ4v) is 2.92. The first kappa shape index (κ1) is 16.1. The van der Waals surface area contributed by atoms with Crippen molar-refractivity contribution in [3.8, 4) is 11.4 Å². The summed E-state index contributed by atoms with van der Waals surface area (Å²) < 4.78 is 0. The molecular formula is C18H20N4O2. The summed E-state index contributed by atoms with van der Waals surface area (Å²) in [5, 5.41) is 2.88. The predicted octanol–water partition coefficient (Wildman–Crippen LogP) is 1.88. The van der Waals surface area contributed by atoms with E-state index in [0.29, 0.717) is 24.5 Å². The molecule has 3 rings (SSSR count). The molecule has 1 aliphatic rings. The van der Waals surface area contributed by atoms with Crippen LogP contribution >= 0.6 is 0 Å². The summed E-state index contributed by atoms with van der Waals surface area (Å²) >= 11 is 0. The molecule has 1 aromatic heterocycles. The van der Waals surface area contributed by atoms with E-state index in [0.717, 1.165) is 18.4 Å². The summed E-state index contributed by atoms with van der Waals surface area (Å²) in [6, 6.07) is 9.66. The molecule has 1 aromatic carbocycles. The van der Waals surface area contributed by atoms with E-state index in [4.69, 9.17) is 0 Å². The van der Waals surface area contributed by atoms with Gasteiger partial charge in [-0.3, -0.25) is 9.59 Å². The third-order valence-corrected chi connectivity index (χ3v) is 4.05. The zero-order valence-electron chi connectivity index (χ0n) is 13.6. The molecule has 0 aliphatic carbocycles. The zero-order valence-corrected chi connectivity index (χ0v) is 13.6. The second kappa shape index (κ2) is 7.21. The number of piperidine rings is 1. The average molecular weight is 324 g/mol. The fraction of sp³-hybridized carbons (Fsp3) is 0.333. The van der Waals surface area contributed by atoms with E-state index in [-0.39, 0.29) is 17.9 Å². The zero-order chi connectivity index (χ0) is 16.9. The van der Waals surface area contributed by atoms with Gasteiger partial charge in [0.1, 0.15) is 0 Å². The highest BCUT2D eigenvalue weighted by molar-refractivity contribution is 5.94. The molecule has 2 heterocycles. The predicted molar refractivity (Wildman–Crippen MR) is 90.2 cm³/mol. The maximum absolute atomic E-state index is 12.6. The topological polar surface area (TPSA) is 75.2 Å². The average Bonchev–Trinajstić information content (AvgIpc) is 2.62. The maximum atomic E-state index is 12.6. The molecule has 6 heteroatoms. The van der Waals surface area contributed by atoms with Crippen LogP contribution in [0.5, 0.6) is 0 Å². The first-order valence-electron chi connectivity index (χ1n) is 8.07. The highest BCUT2D eigenvalue weighted by Crippen LogP contribution is 2.16. The molecule has 1 saturated heterocycles. The van der Waals surface area contributed by atoms with Crippen LogP contribution in [0.15, 0.2) is 42.7 Å². The molecule has 0 bridgehead atoms. The normalized spacial score (nSPS) is 17.4. The number of likely N-dealkylation sites (tertiary alicyclic amines) is 1. The molecule has 6 nitrogen and oxygen atoms in total. The lowest BCUT2D eigenvalue weighted by Crippen LogP contribution is -2.49. The number of carbonyl (C=O) groups excluding carboxylic acids is 2. The van der Waals surface area contributed by atoms with E-state index in [1.807, 2.05) is 30.3 Å². The summed E-state index contributed by atoms with van der Waals surface area (Å²) in [6.07, 6.45) is 4.91. The Labute approximate surface area is 140 Å². The number of aromatic nitrogens is 2. The van der Waals surface area contributed by atoms with E-state index < -0.39 is 0 Å². The Balaban J connectivity index is 1.70. The number of benzene rings is 1.